The van der Waals surface area contributed by atoms with Gasteiger partial charge < -0.3 is 0 Å². The third-order valence-corrected chi connectivity index (χ3v) is 4.19. The van der Waals surface area contributed by atoms with E-state index in [1.807, 2.05) is 24.3 Å². The number of hydrazine groups is 1. The maximum Gasteiger partial charge on any atom is 0.267 e. The number of anilines is 1. The molecule has 122 valence electrons. The summed E-state index contributed by atoms with van der Waals surface area (Å²) < 4.78 is 2.35. The first kappa shape index (κ1) is 16.7. The standard InChI is InChI=1S/C16H12ClIN4O2/c17-9-14(23)20-21-16-19-13-7-6-10(18)8-12(13)15(24)22(16)11-4-2-1-3-5-11/h1-8H,9H2,(H,19,21)(H,20,23). The first-order chi connectivity index (χ1) is 11.6. The van der Waals surface area contributed by atoms with Gasteiger partial charge in [0.25, 0.3) is 11.5 Å². The molecule has 1 amide bonds. The Kier molecular flexibility index (Phi) is 5.00. The molecule has 2 N–H and O–H groups in total. The minimum atomic E-state index is -0.423. The lowest BCUT2D eigenvalue weighted by Crippen LogP contribution is -2.34. The van der Waals surface area contributed by atoms with Crippen LogP contribution in [0.5, 0.6) is 0 Å². The number of para-hydroxylation sites is 1. The van der Waals surface area contributed by atoms with E-state index in [1.54, 1.807) is 24.3 Å². The Hall–Kier alpha value is -2.13. The highest BCUT2D eigenvalue weighted by molar-refractivity contribution is 14.1. The van der Waals surface area contributed by atoms with Crippen molar-refractivity contribution in [3.8, 4) is 5.69 Å². The van der Waals surface area contributed by atoms with Crippen LogP contribution in [-0.4, -0.2) is 21.3 Å². The highest BCUT2D eigenvalue weighted by atomic mass is 127. The number of nitrogens with zero attached hydrogens (tertiary/aromatic N) is 2. The first-order valence-electron chi connectivity index (χ1n) is 6.98. The van der Waals surface area contributed by atoms with Crippen LogP contribution in [0.25, 0.3) is 16.6 Å². The molecular weight excluding hydrogens is 443 g/mol. The minimum Gasteiger partial charge on any atom is -0.272 e. The zero-order chi connectivity index (χ0) is 17.1. The van der Waals surface area contributed by atoms with Gasteiger partial charge in [-0.05, 0) is 52.9 Å². The smallest absolute Gasteiger partial charge is 0.267 e. The highest BCUT2D eigenvalue weighted by Gasteiger charge is 2.13. The second-order valence-corrected chi connectivity index (χ2v) is 6.39. The van der Waals surface area contributed by atoms with Crippen LogP contribution in [-0.2, 0) is 4.79 Å². The van der Waals surface area contributed by atoms with E-state index in [4.69, 9.17) is 11.6 Å². The highest BCUT2D eigenvalue weighted by Crippen LogP contribution is 2.17. The van der Waals surface area contributed by atoms with Gasteiger partial charge >= 0.3 is 0 Å². The maximum atomic E-state index is 13.0. The van der Waals surface area contributed by atoms with Crippen molar-refractivity contribution in [2.75, 3.05) is 11.3 Å². The molecule has 0 radical (unpaired) electrons. The number of rotatable bonds is 4. The lowest BCUT2D eigenvalue weighted by atomic mass is 10.2. The number of fused-ring (bicyclic) bond motifs is 1. The summed E-state index contributed by atoms with van der Waals surface area (Å²) in [5.41, 5.74) is 6.04. The van der Waals surface area contributed by atoms with Crippen LogP contribution in [0.4, 0.5) is 5.95 Å². The summed E-state index contributed by atoms with van der Waals surface area (Å²) in [5, 5.41) is 0.500. The van der Waals surface area contributed by atoms with Gasteiger partial charge in [0, 0.05) is 3.57 Å². The van der Waals surface area contributed by atoms with Crippen molar-refractivity contribution in [1.82, 2.24) is 15.0 Å². The molecule has 0 bridgehead atoms. The van der Waals surface area contributed by atoms with Gasteiger partial charge in [-0.3, -0.25) is 20.4 Å². The number of nitrogens with one attached hydrogen (secondary N) is 2. The summed E-state index contributed by atoms with van der Waals surface area (Å²) in [6.07, 6.45) is 0. The number of amides is 1. The van der Waals surface area contributed by atoms with Crippen molar-refractivity contribution >= 4 is 57.0 Å². The number of carbonyl (C=O) groups excluding carboxylic acids is 1. The number of carbonyl (C=O) groups is 1. The van der Waals surface area contributed by atoms with Gasteiger partial charge in [0.05, 0.1) is 16.6 Å². The maximum absolute atomic E-state index is 13.0. The molecule has 1 heterocycles. The van der Waals surface area contributed by atoms with E-state index in [9.17, 15) is 9.59 Å². The molecule has 3 rings (SSSR count). The van der Waals surface area contributed by atoms with Crippen molar-refractivity contribution in [3.63, 3.8) is 0 Å². The van der Waals surface area contributed by atoms with Crippen molar-refractivity contribution in [3.05, 3.63) is 62.5 Å². The molecule has 8 heteroatoms. The Morgan fingerprint density at radius 2 is 1.96 bits per heavy atom. The van der Waals surface area contributed by atoms with Crippen LogP contribution in [0, 0.1) is 3.57 Å². The third kappa shape index (κ3) is 3.36. The van der Waals surface area contributed by atoms with Crippen LogP contribution in [0.15, 0.2) is 53.3 Å². The van der Waals surface area contributed by atoms with Gasteiger partial charge in [-0.25, -0.2) is 9.55 Å². The molecule has 0 aliphatic carbocycles. The Morgan fingerprint density at radius 1 is 1.21 bits per heavy atom. The Labute approximate surface area is 156 Å². The quantitative estimate of drug-likeness (QED) is 0.361. The van der Waals surface area contributed by atoms with Gasteiger partial charge in [0.15, 0.2) is 0 Å². The molecule has 1 aromatic heterocycles. The summed E-state index contributed by atoms with van der Waals surface area (Å²) in [4.78, 5) is 28.8. The average molecular weight is 455 g/mol. The topological polar surface area (TPSA) is 76.0 Å². The van der Waals surface area contributed by atoms with E-state index in [0.717, 1.165) is 3.57 Å². The number of hydrogen-bond acceptors (Lipinski definition) is 4. The number of benzene rings is 2. The monoisotopic (exact) mass is 454 g/mol. The molecule has 0 fully saturated rings. The lowest BCUT2D eigenvalue weighted by molar-refractivity contribution is -0.118. The van der Waals surface area contributed by atoms with E-state index in [-0.39, 0.29) is 17.4 Å². The van der Waals surface area contributed by atoms with E-state index in [2.05, 4.69) is 38.4 Å². The number of aromatic nitrogens is 2. The molecular formula is C16H12ClIN4O2. The second kappa shape index (κ2) is 7.18. The van der Waals surface area contributed by atoms with Crippen molar-refractivity contribution in [2.45, 2.75) is 0 Å². The molecule has 0 aliphatic heterocycles. The van der Waals surface area contributed by atoms with Gasteiger partial charge in [-0.2, -0.15) is 0 Å². The number of hydrogen-bond donors (Lipinski definition) is 2. The Balaban J connectivity index is 2.22. The van der Waals surface area contributed by atoms with Gasteiger partial charge in [-0.1, -0.05) is 18.2 Å². The lowest BCUT2D eigenvalue weighted by Gasteiger charge is -2.15. The summed E-state index contributed by atoms with van der Waals surface area (Å²) in [6, 6.07) is 14.5. The summed E-state index contributed by atoms with van der Waals surface area (Å²) in [5.74, 6) is -0.416. The first-order valence-corrected chi connectivity index (χ1v) is 8.60. The fourth-order valence-corrected chi connectivity index (χ4v) is 2.78. The summed E-state index contributed by atoms with van der Waals surface area (Å²) in [7, 11) is 0. The van der Waals surface area contributed by atoms with Crippen molar-refractivity contribution < 1.29 is 4.79 Å². The summed E-state index contributed by atoms with van der Waals surface area (Å²) in [6.45, 7) is 0. The molecule has 0 spiro atoms. The summed E-state index contributed by atoms with van der Waals surface area (Å²) >= 11 is 7.62. The SMILES string of the molecule is O=C(CCl)NNc1nc2ccc(I)cc2c(=O)n1-c1ccccc1. The predicted octanol–water partition coefficient (Wildman–Crippen LogP) is 2.67. The molecule has 0 saturated carbocycles. The fraction of sp³-hybridized carbons (Fsp3) is 0.0625. The van der Waals surface area contributed by atoms with Gasteiger partial charge in [-0.15, -0.1) is 11.6 Å². The van der Waals surface area contributed by atoms with Crippen LogP contribution in [0.2, 0.25) is 0 Å². The number of halogens is 2. The molecule has 0 saturated heterocycles. The van der Waals surface area contributed by atoms with Gasteiger partial charge in [0.1, 0.15) is 5.88 Å². The normalized spacial score (nSPS) is 10.6. The molecule has 0 atom stereocenters. The number of alkyl halides is 1. The van der Waals surface area contributed by atoms with Crippen LogP contribution in [0.3, 0.4) is 0 Å². The fourth-order valence-electron chi connectivity index (χ4n) is 2.22. The van der Waals surface area contributed by atoms with E-state index < -0.39 is 5.91 Å². The molecule has 0 aliphatic rings. The average Bonchev–Trinajstić information content (AvgIpc) is 2.61. The molecule has 24 heavy (non-hydrogen) atoms. The predicted molar refractivity (Wildman–Crippen MR) is 103 cm³/mol. The van der Waals surface area contributed by atoms with E-state index in [0.29, 0.717) is 16.6 Å². The minimum absolute atomic E-state index is 0.200. The molecule has 0 unspecified atom stereocenters. The molecule has 2 aromatic carbocycles. The Morgan fingerprint density at radius 3 is 2.67 bits per heavy atom. The largest absolute Gasteiger partial charge is 0.272 e. The molecule has 3 aromatic rings. The van der Waals surface area contributed by atoms with E-state index in [1.165, 1.54) is 4.57 Å². The second-order valence-electron chi connectivity index (χ2n) is 4.88. The van der Waals surface area contributed by atoms with Crippen LogP contribution >= 0.6 is 34.2 Å². The van der Waals surface area contributed by atoms with Crippen molar-refractivity contribution in [2.24, 2.45) is 0 Å². The Bertz CT molecular complexity index is 959. The van der Waals surface area contributed by atoms with Crippen LogP contribution in [0.1, 0.15) is 0 Å². The van der Waals surface area contributed by atoms with Gasteiger partial charge in [0.2, 0.25) is 5.95 Å². The van der Waals surface area contributed by atoms with Crippen LogP contribution < -0.4 is 16.4 Å². The zero-order valence-electron chi connectivity index (χ0n) is 12.3. The third-order valence-electron chi connectivity index (χ3n) is 3.28. The zero-order valence-corrected chi connectivity index (χ0v) is 15.2. The van der Waals surface area contributed by atoms with Crippen molar-refractivity contribution in [1.29, 1.82) is 0 Å². The molecule has 6 nitrogen and oxygen atoms in total. The van der Waals surface area contributed by atoms with E-state index >= 15 is 0 Å².